The van der Waals surface area contributed by atoms with E-state index in [4.69, 9.17) is 61.7 Å². The fourth-order valence-electron chi connectivity index (χ4n) is 6.26. The topological polar surface area (TPSA) is 233 Å². The summed E-state index contributed by atoms with van der Waals surface area (Å²) in [5.41, 5.74) is 0. The standard InChI is InChI=1S/C23H42N2O7S.C21H37NO11/c1-2-28-10-11-30-14-15-32-17-16-31-13-12-29-9-5-7-19(26)6-3-4-8-21-22-20(18-33-21)24-23(27)25-22;1-2-26-7-8-28-11-12-30-15-16-32-18-17-31-14-13-29-10-9-27-6-5-21(25)33-22-19(23)3-4-20(22)24/h20-22H,2-18H2,1H3,(H2,24,25,27);2-18H2,1H3. The minimum Gasteiger partial charge on any atom is -0.379 e. The van der Waals surface area contributed by atoms with Gasteiger partial charge in [0.15, 0.2) is 0 Å². The van der Waals surface area contributed by atoms with Crippen LogP contribution in [0.3, 0.4) is 0 Å². The Morgan fingerprint density at radius 1 is 0.500 bits per heavy atom. The largest absolute Gasteiger partial charge is 0.379 e. The molecule has 0 spiro atoms. The predicted molar refractivity (Wildman–Crippen MR) is 241 cm³/mol. The van der Waals surface area contributed by atoms with Crippen molar-refractivity contribution >= 4 is 41.4 Å². The minimum atomic E-state index is -0.691. The highest BCUT2D eigenvalue weighted by atomic mass is 32.2. The average molecular weight is 970 g/mol. The molecule has 0 aromatic carbocycles. The first-order valence-electron chi connectivity index (χ1n) is 23.5. The molecule has 0 bridgehead atoms. The molecule has 0 aliphatic carbocycles. The van der Waals surface area contributed by atoms with E-state index in [9.17, 15) is 24.0 Å². The van der Waals surface area contributed by atoms with Crippen LogP contribution in [0.1, 0.15) is 71.6 Å². The highest BCUT2D eigenvalue weighted by Gasteiger charge is 2.42. The average Bonchev–Trinajstić information content (AvgIpc) is 3.98. The third-order valence-electron chi connectivity index (χ3n) is 9.65. The van der Waals surface area contributed by atoms with E-state index >= 15 is 0 Å². The Morgan fingerprint density at radius 2 is 0.894 bits per heavy atom. The molecule has 2 N–H and O–H groups in total. The fraction of sp³-hybridized carbons (Fsp3) is 0.886. The molecule has 3 saturated heterocycles. The number of urea groups is 1. The Bertz CT molecular complexity index is 1240. The molecule has 3 aliphatic heterocycles. The Labute approximate surface area is 395 Å². The van der Waals surface area contributed by atoms with E-state index in [1.807, 2.05) is 25.6 Å². The van der Waals surface area contributed by atoms with Gasteiger partial charge in [-0.3, -0.25) is 14.4 Å². The van der Waals surface area contributed by atoms with Crippen molar-refractivity contribution in [3.63, 3.8) is 0 Å². The van der Waals surface area contributed by atoms with Crippen LogP contribution >= 0.6 is 11.8 Å². The van der Waals surface area contributed by atoms with Gasteiger partial charge in [0.2, 0.25) is 0 Å². The van der Waals surface area contributed by atoms with Gasteiger partial charge in [-0.15, -0.1) is 5.06 Å². The van der Waals surface area contributed by atoms with Crippen molar-refractivity contribution in [2.75, 3.05) is 164 Å². The van der Waals surface area contributed by atoms with Crippen LogP contribution in [0.2, 0.25) is 0 Å². The van der Waals surface area contributed by atoms with Crippen molar-refractivity contribution in [1.29, 1.82) is 0 Å². The maximum Gasteiger partial charge on any atom is 0.335 e. The molecule has 0 aromatic rings. The summed E-state index contributed by atoms with van der Waals surface area (Å²) in [4.78, 5) is 62.4. The van der Waals surface area contributed by atoms with Crippen LogP contribution in [0.15, 0.2) is 0 Å². The van der Waals surface area contributed by atoms with E-state index in [1.165, 1.54) is 0 Å². The zero-order valence-corrected chi connectivity index (χ0v) is 40.3. The smallest absolute Gasteiger partial charge is 0.335 e. The number of nitrogens with one attached hydrogen (secondary N) is 2. The van der Waals surface area contributed by atoms with E-state index in [1.54, 1.807) is 0 Å². The number of hydrogen-bond donors (Lipinski definition) is 2. The third kappa shape index (κ3) is 32.2. The summed E-state index contributed by atoms with van der Waals surface area (Å²) >= 11 is 1.92. The SMILES string of the molecule is CCOCCOCCOCCOCCOCCCC(=O)CCCCC1SCC2NC(=O)NC21.CCOCCOCCOCCOCCOCCOCCOCCC(=O)ON1C(=O)CCC1=O. The van der Waals surface area contributed by atoms with Gasteiger partial charge in [0.1, 0.15) is 5.78 Å². The number of thioether (sulfide) groups is 1. The van der Waals surface area contributed by atoms with Crippen molar-refractivity contribution in [3.8, 4) is 0 Å². The second kappa shape index (κ2) is 42.5. The lowest BCUT2D eigenvalue weighted by Crippen LogP contribution is -2.36. The number of amides is 4. The molecule has 3 rings (SSSR count). The number of fused-ring (bicyclic) bond motifs is 1. The van der Waals surface area contributed by atoms with Gasteiger partial charge in [-0.05, 0) is 33.1 Å². The van der Waals surface area contributed by atoms with Gasteiger partial charge in [-0.1, -0.05) is 6.42 Å². The zero-order valence-electron chi connectivity index (χ0n) is 39.5. The summed E-state index contributed by atoms with van der Waals surface area (Å²) < 4.78 is 64.1. The number of ketones is 1. The summed E-state index contributed by atoms with van der Waals surface area (Å²) in [6, 6.07) is 0.482. The number of rotatable bonds is 45. The van der Waals surface area contributed by atoms with Gasteiger partial charge < -0.3 is 72.3 Å². The van der Waals surface area contributed by atoms with Gasteiger partial charge in [-0.2, -0.15) is 11.8 Å². The van der Waals surface area contributed by atoms with Gasteiger partial charge in [0, 0.05) is 56.5 Å². The van der Waals surface area contributed by atoms with E-state index in [-0.39, 0.29) is 44.0 Å². The third-order valence-corrected chi connectivity index (χ3v) is 11.2. The molecule has 0 radical (unpaired) electrons. The molecule has 4 amide bonds. The first kappa shape index (κ1) is 59.5. The van der Waals surface area contributed by atoms with Crippen LogP contribution in [0.25, 0.3) is 0 Å². The molecule has 0 saturated carbocycles. The number of carbonyl (C=O) groups excluding carboxylic acids is 5. The number of imide groups is 1. The predicted octanol–water partition coefficient (Wildman–Crippen LogP) is 2.28. The lowest BCUT2D eigenvalue weighted by atomic mass is 10.0. The molecular weight excluding hydrogens is 891 g/mol. The van der Waals surface area contributed by atoms with Crippen LogP contribution in [0, 0.1) is 0 Å². The number of nitrogens with zero attached hydrogens (tertiary/aromatic N) is 1. The highest BCUT2D eigenvalue weighted by molar-refractivity contribution is 8.00. The number of Topliss-reactive ketones (excluding diaryl/α,β-unsaturated/α-hetero) is 1. The maximum absolute atomic E-state index is 12.0. The van der Waals surface area contributed by atoms with Gasteiger partial charge in [-0.25, -0.2) is 9.59 Å². The Kier molecular flexibility index (Phi) is 38.4. The molecule has 384 valence electrons. The summed E-state index contributed by atoms with van der Waals surface area (Å²) in [7, 11) is 0. The van der Waals surface area contributed by atoms with E-state index in [0.717, 1.165) is 31.4 Å². The monoisotopic (exact) mass is 970 g/mol. The second-order valence-electron chi connectivity index (χ2n) is 14.8. The number of hydroxylamine groups is 2. The molecule has 21 nitrogen and oxygen atoms in total. The molecule has 22 heteroatoms. The van der Waals surface area contributed by atoms with Crippen LogP contribution in [-0.2, 0) is 80.9 Å². The first-order valence-corrected chi connectivity index (χ1v) is 24.6. The summed E-state index contributed by atoms with van der Waals surface area (Å²) in [5, 5.41) is 6.96. The number of hydrogen-bond acceptors (Lipinski definition) is 19. The second-order valence-corrected chi connectivity index (χ2v) is 16.1. The van der Waals surface area contributed by atoms with E-state index < -0.39 is 17.8 Å². The number of unbranched alkanes of at least 4 members (excludes halogenated alkanes) is 1. The molecule has 3 fully saturated rings. The quantitative estimate of drug-likeness (QED) is 0.0506. The zero-order chi connectivity index (χ0) is 47.6. The Balaban J connectivity index is 0.000000453. The Hall–Kier alpha value is -2.58. The summed E-state index contributed by atoms with van der Waals surface area (Å²) in [6.45, 7) is 16.1. The van der Waals surface area contributed by atoms with Crippen LogP contribution < -0.4 is 10.6 Å². The van der Waals surface area contributed by atoms with Gasteiger partial charge in [0.25, 0.3) is 11.8 Å². The van der Waals surface area contributed by atoms with Crippen molar-refractivity contribution in [2.45, 2.75) is 89.0 Å². The minimum absolute atomic E-state index is 0.0424. The Morgan fingerprint density at radius 3 is 1.33 bits per heavy atom. The molecule has 3 aliphatic rings. The molecule has 0 aromatic heterocycles. The summed E-state index contributed by atoms with van der Waals surface area (Å²) in [5.74, 6) is -0.407. The fourth-order valence-corrected chi connectivity index (χ4v) is 7.80. The number of ether oxygens (including phenoxy) is 12. The van der Waals surface area contributed by atoms with Crippen molar-refractivity contribution in [2.24, 2.45) is 0 Å². The molecule has 3 heterocycles. The van der Waals surface area contributed by atoms with E-state index in [0.29, 0.717) is 181 Å². The van der Waals surface area contributed by atoms with Crippen LogP contribution in [-0.4, -0.2) is 216 Å². The number of carbonyl (C=O) groups is 5. The van der Waals surface area contributed by atoms with Crippen molar-refractivity contribution in [1.82, 2.24) is 15.7 Å². The lowest BCUT2D eigenvalue weighted by Gasteiger charge is -2.16. The first-order chi connectivity index (χ1) is 32.3. The van der Waals surface area contributed by atoms with Gasteiger partial charge >= 0.3 is 12.0 Å². The van der Waals surface area contributed by atoms with Crippen LogP contribution in [0.5, 0.6) is 0 Å². The van der Waals surface area contributed by atoms with Crippen molar-refractivity contribution in [3.05, 3.63) is 0 Å². The normalized spacial score (nSPS) is 17.8. The van der Waals surface area contributed by atoms with Crippen LogP contribution in [0.4, 0.5) is 4.79 Å². The van der Waals surface area contributed by atoms with Gasteiger partial charge in [0.05, 0.1) is 157 Å². The molecule has 3 unspecified atom stereocenters. The highest BCUT2D eigenvalue weighted by Crippen LogP contribution is 2.33. The van der Waals surface area contributed by atoms with Crippen molar-refractivity contribution < 1.29 is 85.7 Å². The van der Waals surface area contributed by atoms with E-state index in [2.05, 4.69) is 10.6 Å². The molecular formula is C44H79N3O18S. The molecule has 66 heavy (non-hydrogen) atoms. The molecule has 3 atom stereocenters. The lowest BCUT2D eigenvalue weighted by molar-refractivity contribution is -0.198. The summed E-state index contributed by atoms with van der Waals surface area (Å²) in [6.07, 6.45) is 5.04. The maximum atomic E-state index is 12.0.